The second kappa shape index (κ2) is 9.03. The maximum atomic E-state index is 13.7. The van der Waals surface area contributed by atoms with Crippen molar-refractivity contribution in [2.75, 3.05) is 17.7 Å². The highest BCUT2D eigenvalue weighted by Crippen LogP contribution is 2.40. The average Bonchev–Trinajstić information content (AvgIpc) is 3.53. The Morgan fingerprint density at radius 3 is 2.69 bits per heavy atom. The normalized spacial score (nSPS) is 14.7. The molecular formula is C24H20N6O4S. The number of nitro groups is 1. The number of hydrogen-bond donors (Lipinski definition) is 2. The van der Waals surface area contributed by atoms with Gasteiger partial charge in [0.05, 0.1) is 33.7 Å². The number of rotatable bonds is 6. The van der Waals surface area contributed by atoms with E-state index in [0.29, 0.717) is 34.5 Å². The van der Waals surface area contributed by atoms with E-state index in [0.717, 1.165) is 4.88 Å². The Kier molecular flexibility index (Phi) is 5.75. The Bertz CT molecular complexity index is 1460. The fourth-order valence-corrected chi connectivity index (χ4v) is 4.72. The summed E-state index contributed by atoms with van der Waals surface area (Å²) in [6.07, 6.45) is 0. The van der Waals surface area contributed by atoms with Crippen LogP contribution in [0.5, 0.6) is 5.75 Å². The number of benzene rings is 2. The van der Waals surface area contributed by atoms with E-state index >= 15 is 0 Å². The number of carbonyl (C=O) groups is 1. The summed E-state index contributed by atoms with van der Waals surface area (Å²) in [6.45, 7) is 1.74. The van der Waals surface area contributed by atoms with Crippen molar-refractivity contribution in [1.29, 1.82) is 0 Å². The van der Waals surface area contributed by atoms with Gasteiger partial charge in [0.25, 0.3) is 11.6 Å². The van der Waals surface area contributed by atoms with Gasteiger partial charge in [0.1, 0.15) is 11.8 Å². The van der Waals surface area contributed by atoms with Gasteiger partial charge in [-0.25, -0.2) is 4.68 Å². The van der Waals surface area contributed by atoms with Gasteiger partial charge in [-0.1, -0.05) is 30.3 Å². The third kappa shape index (κ3) is 4.02. The number of nitrogens with one attached hydrogen (secondary N) is 2. The molecule has 2 aromatic carbocycles. The highest BCUT2D eigenvalue weighted by atomic mass is 32.1. The van der Waals surface area contributed by atoms with Gasteiger partial charge >= 0.3 is 0 Å². The predicted octanol–water partition coefficient (Wildman–Crippen LogP) is 4.85. The predicted molar refractivity (Wildman–Crippen MR) is 133 cm³/mol. The van der Waals surface area contributed by atoms with Gasteiger partial charge in [-0.3, -0.25) is 14.9 Å². The fourth-order valence-electron chi connectivity index (χ4n) is 4.07. The molecule has 4 aromatic rings. The van der Waals surface area contributed by atoms with E-state index in [4.69, 9.17) is 4.74 Å². The lowest BCUT2D eigenvalue weighted by molar-refractivity contribution is -0.385. The Balaban J connectivity index is 1.65. The second-order valence-electron chi connectivity index (χ2n) is 7.72. The van der Waals surface area contributed by atoms with Crippen molar-refractivity contribution in [2.45, 2.75) is 13.0 Å². The first-order valence-electron chi connectivity index (χ1n) is 10.6. The van der Waals surface area contributed by atoms with Crippen LogP contribution in [-0.4, -0.2) is 32.7 Å². The number of anilines is 2. The molecule has 5 rings (SSSR count). The van der Waals surface area contributed by atoms with Crippen molar-refractivity contribution < 1.29 is 14.5 Å². The van der Waals surface area contributed by atoms with Gasteiger partial charge in [-0.05, 0) is 36.6 Å². The molecule has 0 saturated heterocycles. The molecule has 0 radical (unpaired) electrons. The molecule has 10 nitrogen and oxygen atoms in total. The first-order chi connectivity index (χ1) is 17.0. The molecule has 11 heteroatoms. The molecule has 2 aromatic heterocycles. The minimum absolute atomic E-state index is 0.117. The minimum atomic E-state index is -0.885. The molecule has 0 spiro atoms. The van der Waals surface area contributed by atoms with E-state index in [-0.39, 0.29) is 11.3 Å². The minimum Gasteiger partial charge on any atom is -0.495 e. The van der Waals surface area contributed by atoms with Crippen molar-refractivity contribution >= 4 is 34.6 Å². The lowest BCUT2D eigenvalue weighted by Gasteiger charge is -2.28. The first kappa shape index (κ1) is 22.3. The van der Waals surface area contributed by atoms with Crippen LogP contribution >= 0.6 is 11.3 Å². The number of para-hydroxylation sites is 3. The number of hydrogen-bond acceptors (Lipinski definition) is 8. The number of fused-ring (bicyclic) bond motifs is 1. The summed E-state index contributed by atoms with van der Waals surface area (Å²) in [5.74, 6) is 0.904. The van der Waals surface area contributed by atoms with E-state index in [1.807, 2.05) is 17.5 Å². The number of thiophene rings is 1. The van der Waals surface area contributed by atoms with Crippen LogP contribution in [0.2, 0.25) is 0 Å². The van der Waals surface area contributed by atoms with Crippen LogP contribution in [0.15, 0.2) is 77.3 Å². The van der Waals surface area contributed by atoms with E-state index in [1.165, 1.54) is 29.2 Å². The molecule has 1 unspecified atom stereocenters. The number of methoxy groups -OCH3 is 1. The standard InChI is InChI=1S/C24H20N6O4S/c1-14-20(23(31)26-16-9-4-6-11-18(16)34-2)21(15-8-3-5-10-17(15)30(32)33)29-24(25-14)27-22(28-29)19-12-7-13-35-19/h3-13,21H,1-2H3,(H,26,31)(H,25,27,28). The molecule has 176 valence electrons. The monoisotopic (exact) mass is 488 g/mol. The highest BCUT2D eigenvalue weighted by molar-refractivity contribution is 7.13. The summed E-state index contributed by atoms with van der Waals surface area (Å²) < 4.78 is 6.89. The third-order valence-corrected chi connectivity index (χ3v) is 6.49. The number of carbonyl (C=O) groups excluding carboxylic acids is 1. The number of aromatic nitrogens is 3. The molecule has 1 aliphatic rings. The number of ether oxygens (including phenoxy) is 1. The van der Waals surface area contributed by atoms with Crippen molar-refractivity contribution in [3.8, 4) is 16.5 Å². The summed E-state index contributed by atoms with van der Waals surface area (Å²) in [5, 5.41) is 24.5. The third-order valence-electron chi connectivity index (χ3n) is 5.62. The Hall–Kier alpha value is -4.51. The molecule has 3 heterocycles. The largest absolute Gasteiger partial charge is 0.495 e. The Labute approximate surface area is 204 Å². The molecule has 2 N–H and O–H groups in total. The van der Waals surface area contributed by atoms with E-state index in [1.54, 1.807) is 49.4 Å². The lowest BCUT2D eigenvalue weighted by Crippen LogP contribution is -2.32. The summed E-state index contributed by atoms with van der Waals surface area (Å²) in [4.78, 5) is 30.6. The molecular weight excluding hydrogens is 468 g/mol. The SMILES string of the molecule is COc1ccccc1NC(=O)C1=C(C)Nc2nc(-c3cccs3)nn2C1c1ccccc1[N+](=O)[O-]. The van der Waals surface area contributed by atoms with Crippen LogP contribution < -0.4 is 15.4 Å². The van der Waals surface area contributed by atoms with Crippen LogP contribution in [-0.2, 0) is 4.79 Å². The zero-order valence-electron chi connectivity index (χ0n) is 18.8. The van der Waals surface area contributed by atoms with Gasteiger partial charge in [-0.2, -0.15) is 4.98 Å². The number of nitro benzene ring substituents is 1. The molecule has 1 atom stereocenters. The van der Waals surface area contributed by atoms with Gasteiger partial charge in [0.2, 0.25) is 5.95 Å². The van der Waals surface area contributed by atoms with Crippen LogP contribution in [0.1, 0.15) is 18.5 Å². The summed E-state index contributed by atoms with van der Waals surface area (Å²) >= 11 is 1.48. The van der Waals surface area contributed by atoms with Gasteiger partial charge in [-0.15, -0.1) is 16.4 Å². The van der Waals surface area contributed by atoms with Crippen LogP contribution in [0.4, 0.5) is 17.3 Å². The van der Waals surface area contributed by atoms with Crippen LogP contribution in [0.25, 0.3) is 10.7 Å². The van der Waals surface area contributed by atoms with Crippen LogP contribution in [0.3, 0.4) is 0 Å². The quantitative estimate of drug-likeness (QED) is 0.294. The van der Waals surface area contributed by atoms with E-state index in [9.17, 15) is 14.9 Å². The first-order valence-corrected chi connectivity index (χ1v) is 11.5. The molecule has 35 heavy (non-hydrogen) atoms. The molecule has 1 amide bonds. The molecule has 1 aliphatic heterocycles. The Morgan fingerprint density at radius 2 is 1.94 bits per heavy atom. The van der Waals surface area contributed by atoms with Crippen LogP contribution in [0, 0.1) is 10.1 Å². The van der Waals surface area contributed by atoms with Gasteiger partial charge < -0.3 is 15.4 Å². The maximum absolute atomic E-state index is 13.7. The maximum Gasteiger partial charge on any atom is 0.275 e. The van der Waals surface area contributed by atoms with Crippen molar-refractivity contribution in [3.63, 3.8) is 0 Å². The highest BCUT2D eigenvalue weighted by Gasteiger charge is 2.38. The summed E-state index contributed by atoms with van der Waals surface area (Å²) in [5.41, 5.74) is 1.48. The van der Waals surface area contributed by atoms with E-state index < -0.39 is 16.9 Å². The van der Waals surface area contributed by atoms with Gasteiger partial charge in [0.15, 0.2) is 5.82 Å². The molecule has 0 bridgehead atoms. The smallest absolute Gasteiger partial charge is 0.275 e. The second-order valence-corrected chi connectivity index (χ2v) is 8.67. The van der Waals surface area contributed by atoms with Crippen molar-refractivity contribution in [1.82, 2.24) is 14.8 Å². The zero-order chi connectivity index (χ0) is 24.5. The molecule has 0 fully saturated rings. The fraction of sp³-hybridized carbons (Fsp3) is 0.125. The van der Waals surface area contributed by atoms with Crippen molar-refractivity contribution in [3.05, 3.63) is 93.0 Å². The summed E-state index contributed by atoms with van der Waals surface area (Å²) in [7, 11) is 1.52. The number of nitrogens with zero attached hydrogens (tertiary/aromatic N) is 4. The Morgan fingerprint density at radius 1 is 1.17 bits per heavy atom. The van der Waals surface area contributed by atoms with E-state index in [2.05, 4.69) is 20.7 Å². The van der Waals surface area contributed by atoms with Crippen molar-refractivity contribution in [2.24, 2.45) is 0 Å². The zero-order valence-corrected chi connectivity index (χ0v) is 19.6. The number of amides is 1. The lowest BCUT2D eigenvalue weighted by atomic mass is 9.93. The number of allylic oxidation sites excluding steroid dienone is 1. The molecule has 0 aliphatic carbocycles. The molecule has 0 saturated carbocycles. The summed E-state index contributed by atoms with van der Waals surface area (Å²) in [6, 6.07) is 16.3. The average molecular weight is 489 g/mol. The van der Waals surface area contributed by atoms with Gasteiger partial charge in [0, 0.05) is 11.8 Å². The topological polar surface area (TPSA) is 124 Å².